The molecule has 32 heavy (non-hydrogen) atoms. The molecule has 0 radical (unpaired) electrons. The Morgan fingerprint density at radius 2 is 1.84 bits per heavy atom. The highest BCUT2D eigenvalue weighted by Gasteiger charge is 2.26. The Bertz CT molecular complexity index is 1170. The molecule has 8 heteroatoms. The van der Waals surface area contributed by atoms with Crippen molar-refractivity contribution in [3.8, 4) is 0 Å². The second kappa shape index (κ2) is 10.5. The highest BCUT2D eigenvalue weighted by molar-refractivity contribution is 6.42. The van der Waals surface area contributed by atoms with Crippen LogP contribution in [0.5, 0.6) is 0 Å². The van der Waals surface area contributed by atoms with Crippen LogP contribution in [0.4, 0.5) is 5.69 Å². The van der Waals surface area contributed by atoms with E-state index in [2.05, 4.69) is 0 Å². The van der Waals surface area contributed by atoms with E-state index in [-0.39, 0.29) is 19.5 Å². The van der Waals surface area contributed by atoms with Gasteiger partial charge in [-0.1, -0.05) is 53.5 Å². The van der Waals surface area contributed by atoms with Crippen molar-refractivity contribution in [3.05, 3.63) is 75.8 Å². The minimum Gasteiger partial charge on any atom is -0.468 e. The Morgan fingerprint density at radius 3 is 2.53 bits per heavy atom. The Hall–Kier alpha value is -3.09. The molecule has 0 aliphatic heterocycles. The van der Waals surface area contributed by atoms with Crippen LogP contribution in [-0.2, 0) is 14.3 Å². The first-order valence-electron chi connectivity index (χ1n) is 9.87. The van der Waals surface area contributed by atoms with Crippen molar-refractivity contribution < 1.29 is 19.1 Å². The summed E-state index contributed by atoms with van der Waals surface area (Å²) < 4.78 is 4.79. The number of hydrogen-bond acceptors (Lipinski definition) is 5. The fourth-order valence-electron chi connectivity index (χ4n) is 3.59. The largest absolute Gasteiger partial charge is 0.468 e. The fraction of sp³-hybridized carbons (Fsp3) is 0.208. The molecule has 0 bridgehead atoms. The molecule has 0 aliphatic rings. The first-order chi connectivity index (χ1) is 15.3. The molecule has 0 saturated carbocycles. The van der Waals surface area contributed by atoms with E-state index in [0.717, 1.165) is 17.2 Å². The topological polar surface area (TPSA) is 89.7 Å². The van der Waals surface area contributed by atoms with Crippen LogP contribution < -0.4 is 5.73 Å². The van der Waals surface area contributed by atoms with Gasteiger partial charge in [-0.3, -0.25) is 9.59 Å². The number of amides is 1. The number of rotatable bonds is 8. The summed E-state index contributed by atoms with van der Waals surface area (Å²) in [5, 5.41) is 2.24. The molecule has 1 amide bonds. The monoisotopic (exact) mass is 472 g/mol. The minimum absolute atomic E-state index is 0.0910. The van der Waals surface area contributed by atoms with Crippen molar-refractivity contribution in [2.75, 3.05) is 25.9 Å². The number of hydrogen-bond donors (Lipinski definition) is 1. The maximum atomic E-state index is 13.6. The van der Waals surface area contributed by atoms with Crippen LogP contribution >= 0.6 is 23.2 Å². The zero-order valence-corrected chi connectivity index (χ0v) is 18.9. The predicted octanol–water partition coefficient (Wildman–Crippen LogP) is 4.72. The van der Waals surface area contributed by atoms with E-state index >= 15 is 0 Å². The van der Waals surface area contributed by atoms with Gasteiger partial charge in [0.15, 0.2) is 0 Å². The zero-order valence-electron chi connectivity index (χ0n) is 17.4. The van der Waals surface area contributed by atoms with Gasteiger partial charge in [0.05, 0.1) is 17.2 Å². The molecule has 0 saturated heterocycles. The molecule has 0 fully saturated rings. The third-order valence-electron chi connectivity index (χ3n) is 5.19. The quantitative estimate of drug-likeness (QED) is 0.291. The summed E-state index contributed by atoms with van der Waals surface area (Å²) in [4.78, 5) is 38.4. The molecular formula is C24H22Cl2N2O4. The van der Waals surface area contributed by atoms with Crippen molar-refractivity contribution in [1.82, 2.24) is 4.90 Å². The normalized spacial score (nSPS) is 11.7. The van der Waals surface area contributed by atoms with Gasteiger partial charge in [0.2, 0.25) is 0 Å². The van der Waals surface area contributed by atoms with Crippen molar-refractivity contribution in [2.24, 2.45) is 0 Å². The Kier molecular flexibility index (Phi) is 7.72. The number of nitrogens with two attached hydrogens (primary N) is 1. The van der Waals surface area contributed by atoms with Crippen LogP contribution in [0.25, 0.3) is 10.8 Å². The van der Waals surface area contributed by atoms with Gasteiger partial charge in [0.25, 0.3) is 5.91 Å². The van der Waals surface area contributed by atoms with Crippen molar-refractivity contribution in [2.45, 2.75) is 12.3 Å². The van der Waals surface area contributed by atoms with Gasteiger partial charge in [-0.25, -0.2) is 0 Å². The number of esters is 1. The molecule has 6 nitrogen and oxygen atoms in total. The molecule has 3 rings (SSSR count). The molecule has 1 atom stereocenters. The number of benzene rings is 3. The van der Waals surface area contributed by atoms with Gasteiger partial charge in [0, 0.05) is 30.1 Å². The molecule has 3 aromatic rings. The first-order valence-corrected chi connectivity index (χ1v) is 10.6. The van der Waals surface area contributed by atoms with Gasteiger partial charge in [-0.05, 0) is 40.6 Å². The molecule has 3 aromatic carbocycles. The van der Waals surface area contributed by atoms with E-state index in [1.807, 2.05) is 24.3 Å². The number of nitrogen functional groups attached to an aromatic ring is 1. The summed E-state index contributed by atoms with van der Waals surface area (Å²) in [5.41, 5.74) is 7.55. The molecule has 0 aromatic heterocycles. The number of carbonyl (C=O) groups excluding carboxylic acids is 3. The molecule has 0 unspecified atom stereocenters. The Morgan fingerprint density at radius 1 is 1.09 bits per heavy atom. The van der Waals surface area contributed by atoms with Crippen LogP contribution in [0, 0.1) is 0 Å². The maximum absolute atomic E-state index is 13.6. The average molecular weight is 473 g/mol. The predicted molar refractivity (Wildman–Crippen MR) is 126 cm³/mol. The SMILES string of the molecule is COC(=O)CN(C[C@@H](CC=O)c1ccc(Cl)c(Cl)c1)C(=O)c1cc(N)cc2ccccc12. The van der Waals surface area contributed by atoms with Crippen LogP contribution in [-0.4, -0.2) is 43.3 Å². The summed E-state index contributed by atoms with van der Waals surface area (Å²) in [6.07, 6.45) is 0.893. The van der Waals surface area contributed by atoms with E-state index < -0.39 is 17.8 Å². The Balaban J connectivity index is 2.02. The van der Waals surface area contributed by atoms with E-state index in [0.29, 0.717) is 26.7 Å². The van der Waals surface area contributed by atoms with E-state index in [4.69, 9.17) is 33.7 Å². The van der Waals surface area contributed by atoms with Crippen LogP contribution in [0.1, 0.15) is 28.3 Å². The maximum Gasteiger partial charge on any atom is 0.325 e. The number of carbonyl (C=O) groups is 3. The molecular weight excluding hydrogens is 451 g/mol. The van der Waals surface area contributed by atoms with E-state index in [9.17, 15) is 14.4 Å². The first kappa shape index (κ1) is 23.6. The lowest BCUT2D eigenvalue weighted by Crippen LogP contribution is -2.39. The summed E-state index contributed by atoms with van der Waals surface area (Å²) in [6.45, 7) is -0.192. The van der Waals surface area contributed by atoms with Crippen molar-refractivity contribution in [1.29, 1.82) is 0 Å². The number of aldehydes is 1. The number of ether oxygens (including phenoxy) is 1. The van der Waals surface area contributed by atoms with E-state index in [1.54, 1.807) is 30.3 Å². The second-order valence-electron chi connectivity index (χ2n) is 7.32. The molecule has 2 N–H and O–H groups in total. The fourth-order valence-corrected chi connectivity index (χ4v) is 3.89. The number of anilines is 1. The third kappa shape index (κ3) is 5.39. The lowest BCUT2D eigenvalue weighted by atomic mass is 9.95. The highest BCUT2D eigenvalue weighted by Crippen LogP contribution is 2.30. The lowest BCUT2D eigenvalue weighted by Gasteiger charge is -2.27. The van der Waals surface area contributed by atoms with Crippen molar-refractivity contribution in [3.63, 3.8) is 0 Å². The molecule has 0 heterocycles. The number of nitrogens with zero attached hydrogens (tertiary/aromatic N) is 1. The summed E-state index contributed by atoms with van der Waals surface area (Å²) in [6, 6.07) is 15.8. The van der Waals surface area contributed by atoms with Gasteiger partial charge < -0.3 is 20.2 Å². The van der Waals surface area contributed by atoms with E-state index in [1.165, 1.54) is 12.0 Å². The third-order valence-corrected chi connectivity index (χ3v) is 5.92. The summed E-state index contributed by atoms with van der Waals surface area (Å²) >= 11 is 12.2. The Labute approximate surface area is 195 Å². The van der Waals surface area contributed by atoms with Gasteiger partial charge >= 0.3 is 5.97 Å². The number of halogens is 2. The highest BCUT2D eigenvalue weighted by atomic mass is 35.5. The van der Waals surface area contributed by atoms with Gasteiger partial charge in [-0.15, -0.1) is 0 Å². The summed E-state index contributed by atoms with van der Waals surface area (Å²) in [7, 11) is 1.25. The standard InChI is InChI=1S/C24H22Cl2N2O4/c1-32-23(30)14-28(13-17(8-9-29)15-6-7-21(25)22(26)11-15)24(31)20-12-18(27)10-16-4-2-3-5-19(16)20/h2-7,9-12,17H,8,13-14,27H2,1H3/t17-/m1/s1. The molecule has 0 aliphatic carbocycles. The zero-order chi connectivity index (χ0) is 23.3. The van der Waals surface area contributed by atoms with Crippen LogP contribution in [0.2, 0.25) is 10.0 Å². The smallest absolute Gasteiger partial charge is 0.325 e. The van der Waals surface area contributed by atoms with Gasteiger partial charge in [-0.2, -0.15) is 0 Å². The summed E-state index contributed by atoms with van der Waals surface area (Å²) in [5.74, 6) is -1.37. The second-order valence-corrected chi connectivity index (χ2v) is 8.14. The van der Waals surface area contributed by atoms with Gasteiger partial charge in [0.1, 0.15) is 12.8 Å². The van der Waals surface area contributed by atoms with Crippen LogP contribution in [0.15, 0.2) is 54.6 Å². The molecule has 166 valence electrons. The van der Waals surface area contributed by atoms with Crippen molar-refractivity contribution >= 4 is 57.8 Å². The average Bonchev–Trinajstić information content (AvgIpc) is 2.78. The number of fused-ring (bicyclic) bond motifs is 1. The lowest BCUT2D eigenvalue weighted by molar-refractivity contribution is -0.141. The molecule has 0 spiro atoms. The van der Waals surface area contributed by atoms with Crippen LogP contribution in [0.3, 0.4) is 0 Å². The number of methoxy groups -OCH3 is 1. The minimum atomic E-state index is -0.578.